The number of nitrogens with zero attached hydrogens (tertiary/aromatic N) is 3. The highest BCUT2D eigenvalue weighted by atomic mass is 32.1. The Morgan fingerprint density at radius 1 is 1.42 bits per heavy atom. The number of amides is 1. The van der Waals surface area contributed by atoms with Crippen LogP contribution in [0.3, 0.4) is 0 Å². The fourth-order valence-corrected chi connectivity index (χ4v) is 2.80. The molecular formula is C16H19N5O2S. The number of rotatable bonds is 6. The van der Waals surface area contributed by atoms with Gasteiger partial charge in [-0.05, 0) is 24.4 Å². The second-order valence-electron chi connectivity index (χ2n) is 5.85. The van der Waals surface area contributed by atoms with E-state index in [4.69, 9.17) is 16.7 Å². The summed E-state index contributed by atoms with van der Waals surface area (Å²) < 4.78 is 7.68. The Morgan fingerprint density at radius 3 is 3.00 bits per heavy atom. The maximum Gasteiger partial charge on any atom is 0.226 e. The van der Waals surface area contributed by atoms with E-state index in [9.17, 15) is 4.79 Å². The molecule has 0 spiro atoms. The van der Waals surface area contributed by atoms with E-state index in [2.05, 4.69) is 34.5 Å². The maximum atomic E-state index is 12.1. The van der Waals surface area contributed by atoms with Gasteiger partial charge >= 0.3 is 0 Å². The number of fused-ring (bicyclic) bond motifs is 1. The molecule has 24 heavy (non-hydrogen) atoms. The van der Waals surface area contributed by atoms with Gasteiger partial charge in [0.2, 0.25) is 5.91 Å². The van der Waals surface area contributed by atoms with Gasteiger partial charge in [0.1, 0.15) is 11.5 Å². The van der Waals surface area contributed by atoms with E-state index in [0.717, 1.165) is 11.2 Å². The first-order valence-corrected chi connectivity index (χ1v) is 8.22. The van der Waals surface area contributed by atoms with E-state index in [1.807, 2.05) is 28.8 Å². The molecule has 0 aliphatic heterocycles. The number of hydrogen-bond donors (Lipinski definition) is 2. The Bertz CT molecular complexity index is 908. The SMILES string of the molecule is CC(C)c1n[nH]c(=S)n1CCNC(=O)Cc1noc2ccccc12. The van der Waals surface area contributed by atoms with Gasteiger partial charge in [-0.15, -0.1) is 0 Å². The third-order valence-electron chi connectivity index (χ3n) is 3.74. The van der Waals surface area contributed by atoms with Crippen molar-refractivity contribution in [2.75, 3.05) is 6.54 Å². The van der Waals surface area contributed by atoms with Crippen molar-refractivity contribution in [1.82, 2.24) is 25.2 Å². The zero-order chi connectivity index (χ0) is 17.1. The Morgan fingerprint density at radius 2 is 2.21 bits per heavy atom. The minimum atomic E-state index is -0.102. The van der Waals surface area contributed by atoms with E-state index in [-0.39, 0.29) is 18.2 Å². The molecule has 1 aromatic carbocycles. The summed E-state index contributed by atoms with van der Waals surface area (Å²) in [6, 6.07) is 7.50. The Kier molecular flexibility index (Phi) is 4.75. The number of aromatic nitrogens is 4. The van der Waals surface area contributed by atoms with E-state index >= 15 is 0 Å². The van der Waals surface area contributed by atoms with Crippen molar-refractivity contribution in [3.8, 4) is 0 Å². The minimum Gasteiger partial charge on any atom is -0.356 e. The van der Waals surface area contributed by atoms with Gasteiger partial charge in [-0.25, -0.2) is 0 Å². The van der Waals surface area contributed by atoms with Crippen LogP contribution in [0.2, 0.25) is 0 Å². The van der Waals surface area contributed by atoms with Crippen molar-refractivity contribution in [2.24, 2.45) is 0 Å². The minimum absolute atomic E-state index is 0.102. The molecule has 0 unspecified atom stereocenters. The Balaban J connectivity index is 1.59. The van der Waals surface area contributed by atoms with Crippen LogP contribution in [-0.2, 0) is 17.8 Å². The molecule has 2 N–H and O–H groups in total. The first-order chi connectivity index (χ1) is 11.6. The lowest BCUT2D eigenvalue weighted by Gasteiger charge is -2.09. The molecule has 0 radical (unpaired) electrons. The quantitative estimate of drug-likeness (QED) is 0.670. The zero-order valence-electron chi connectivity index (χ0n) is 13.6. The fourth-order valence-electron chi connectivity index (χ4n) is 2.57. The van der Waals surface area contributed by atoms with Crippen molar-refractivity contribution in [2.45, 2.75) is 32.7 Å². The predicted molar refractivity (Wildman–Crippen MR) is 92.2 cm³/mol. The third-order valence-corrected chi connectivity index (χ3v) is 4.05. The van der Waals surface area contributed by atoms with Crippen LogP contribution in [0.5, 0.6) is 0 Å². The number of benzene rings is 1. The summed E-state index contributed by atoms with van der Waals surface area (Å²) in [5.41, 5.74) is 1.33. The van der Waals surface area contributed by atoms with Crippen LogP contribution >= 0.6 is 12.2 Å². The van der Waals surface area contributed by atoms with Crippen LogP contribution in [0.1, 0.15) is 31.3 Å². The van der Waals surface area contributed by atoms with Crippen molar-refractivity contribution < 1.29 is 9.32 Å². The molecule has 0 saturated carbocycles. The highest BCUT2D eigenvalue weighted by Gasteiger charge is 2.13. The second-order valence-corrected chi connectivity index (χ2v) is 6.23. The number of para-hydroxylation sites is 1. The zero-order valence-corrected chi connectivity index (χ0v) is 14.4. The topological polar surface area (TPSA) is 88.7 Å². The van der Waals surface area contributed by atoms with Crippen LogP contribution in [0, 0.1) is 4.77 Å². The van der Waals surface area contributed by atoms with E-state index in [1.54, 1.807) is 0 Å². The summed E-state index contributed by atoms with van der Waals surface area (Å²) in [6.45, 7) is 5.15. The maximum absolute atomic E-state index is 12.1. The number of aromatic amines is 1. The predicted octanol–water partition coefficient (Wildman–Crippen LogP) is 2.56. The standard InChI is InChI=1S/C16H19N5O2S/c1-10(2)15-18-19-16(24)21(15)8-7-17-14(22)9-12-11-5-3-4-6-13(11)23-20-12/h3-6,10H,7-9H2,1-2H3,(H,17,22)(H,19,24). The second kappa shape index (κ2) is 6.96. The largest absolute Gasteiger partial charge is 0.356 e. The molecule has 1 amide bonds. The summed E-state index contributed by atoms with van der Waals surface area (Å²) in [6.07, 6.45) is 0.185. The molecule has 0 fully saturated rings. The first kappa shape index (κ1) is 16.4. The highest BCUT2D eigenvalue weighted by Crippen LogP contribution is 2.18. The normalized spacial score (nSPS) is 11.3. The van der Waals surface area contributed by atoms with Gasteiger partial charge in [0, 0.05) is 24.4 Å². The smallest absolute Gasteiger partial charge is 0.226 e. The summed E-state index contributed by atoms with van der Waals surface area (Å²) >= 11 is 5.23. The molecule has 2 aromatic heterocycles. The van der Waals surface area contributed by atoms with Gasteiger partial charge in [-0.3, -0.25) is 9.89 Å². The van der Waals surface area contributed by atoms with Gasteiger partial charge in [0.15, 0.2) is 10.4 Å². The van der Waals surface area contributed by atoms with Gasteiger partial charge in [0.25, 0.3) is 0 Å². The lowest BCUT2D eigenvalue weighted by molar-refractivity contribution is -0.120. The summed E-state index contributed by atoms with van der Waals surface area (Å²) in [5, 5.41) is 14.7. The molecule has 8 heteroatoms. The van der Waals surface area contributed by atoms with Gasteiger partial charge in [-0.2, -0.15) is 5.10 Å². The average molecular weight is 345 g/mol. The Hall–Kier alpha value is -2.48. The molecular weight excluding hydrogens is 326 g/mol. The number of nitrogens with one attached hydrogen (secondary N) is 2. The molecule has 0 aliphatic carbocycles. The third kappa shape index (κ3) is 3.38. The lowest BCUT2D eigenvalue weighted by atomic mass is 10.1. The Labute approximate surface area is 144 Å². The molecule has 0 bridgehead atoms. The van der Waals surface area contributed by atoms with Gasteiger partial charge in [-0.1, -0.05) is 31.1 Å². The van der Waals surface area contributed by atoms with Crippen molar-refractivity contribution in [1.29, 1.82) is 0 Å². The molecule has 126 valence electrons. The molecule has 0 aliphatic rings. The summed E-state index contributed by atoms with van der Waals surface area (Å²) in [7, 11) is 0. The van der Waals surface area contributed by atoms with Crippen LogP contribution in [0.15, 0.2) is 28.8 Å². The van der Waals surface area contributed by atoms with Crippen LogP contribution in [0.4, 0.5) is 0 Å². The molecule has 0 atom stereocenters. The highest BCUT2D eigenvalue weighted by molar-refractivity contribution is 7.71. The fraction of sp³-hybridized carbons (Fsp3) is 0.375. The van der Waals surface area contributed by atoms with Crippen LogP contribution in [-0.4, -0.2) is 32.4 Å². The number of hydrogen-bond acceptors (Lipinski definition) is 5. The monoisotopic (exact) mass is 345 g/mol. The lowest BCUT2D eigenvalue weighted by Crippen LogP contribution is -2.29. The van der Waals surface area contributed by atoms with E-state index in [1.165, 1.54) is 0 Å². The number of H-pyrrole nitrogens is 1. The summed E-state index contributed by atoms with van der Waals surface area (Å²) in [4.78, 5) is 12.1. The molecule has 3 aromatic rings. The van der Waals surface area contributed by atoms with E-state index in [0.29, 0.717) is 29.1 Å². The van der Waals surface area contributed by atoms with Crippen molar-refractivity contribution in [3.63, 3.8) is 0 Å². The van der Waals surface area contributed by atoms with Crippen LogP contribution in [0.25, 0.3) is 11.0 Å². The average Bonchev–Trinajstić information content (AvgIpc) is 3.12. The summed E-state index contributed by atoms with van der Waals surface area (Å²) in [5.74, 6) is 1.04. The van der Waals surface area contributed by atoms with Gasteiger partial charge < -0.3 is 14.4 Å². The number of carbonyl (C=O) groups excluding carboxylic acids is 1. The molecule has 2 heterocycles. The molecule has 3 rings (SSSR count). The molecule has 7 nitrogen and oxygen atoms in total. The first-order valence-electron chi connectivity index (χ1n) is 7.81. The van der Waals surface area contributed by atoms with Gasteiger partial charge in [0.05, 0.1) is 6.42 Å². The van der Waals surface area contributed by atoms with Crippen LogP contribution < -0.4 is 5.32 Å². The van der Waals surface area contributed by atoms with E-state index < -0.39 is 0 Å². The van der Waals surface area contributed by atoms with Crippen molar-refractivity contribution in [3.05, 3.63) is 40.6 Å². The number of carbonyl (C=O) groups is 1. The molecule has 0 saturated heterocycles. The van der Waals surface area contributed by atoms with Crippen molar-refractivity contribution >= 4 is 29.1 Å².